The second-order valence-electron chi connectivity index (χ2n) is 9.47. The van der Waals surface area contributed by atoms with Crippen LogP contribution >= 0.6 is 0 Å². The van der Waals surface area contributed by atoms with Crippen LogP contribution in [-0.4, -0.2) is 136 Å². The van der Waals surface area contributed by atoms with E-state index in [1.165, 1.54) is 13.2 Å². The van der Waals surface area contributed by atoms with Gasteiger partial charge in [0.2, 0.25) is 6.29 Å². The lowest BCUT2D eigenvalue weighted by Crippen LogP contribution is -2.63. The minimum atomic E-state index is -1.69. The fourth-order valence-corrected chi connectivity index (χ4v) is 5.00. The van der Waals surface area contributed by atoms with Crippen molar-refractivity contribution >= 4 is 5.97 Å². The highest BCUT2D eigenvalue weighted by atomic mass is 16.8. The first-order valence-corrected chi connectivity index (χ1v) is 12.1. The topological polar surface area (TPSA) is 223 Å². The smallest absolute Gasteiger partial charge is 0.337 e. The minimum Gasteiger partial charge on any atom is -0.471 e. The lowest BCUT2D eigenvalue weighted by atomic mass is 9.81. The Bertz CT molecular complexity index is 864. The number of aliphatic hydroxyl groups is 7. The molecule has 0 spiro atoms. The zero-order valence-corrected chi connectivity index (χ0v) is 20.5. The van der Waals surface area contributed by atoms with Crippen LogP contribution in [0.4, 0.5) is 0 Å². The highest BCUT2D eigenvalue weighted by Crippen LogP contribution is 2.39. The van der Waals surface area contributed by atoms with Crippen molar-refractivity contribution < 1.29 is 73.7 Å². The first kappa shape index (κ1) is 29.3. The van der Waals surface area contributed by atoms with Gasteiger partial charge in [-0.25, -0.2) is 4.79 Å². The molecule has 14 unspecified atom stereocenters. The molecular formula is C23H34O15. The van der Waals surface area contributed by atoms with Gasteiger partial charge in [0.25, 0.3) is 0 Å². The first-order valence-electron chi connectivity index (χ1n) is 12.1. The fourth-order valence-electron chi connectivity index (χ4n) is 5.00. The molecule has 216 valence electrons. The zero-order valence-electron chi connectivity index (χ0n) is 20.5. The molecule has 3 saturated heterocycles. The van der Waals surface area contributed by atoms with Crippen molar-refractivity contribution in [1.29, 1.82) is 0 Å². The number of carbonyl (C=O) groups is 1. The Morgan fingerprint density at radius 1 is 1.03 bits per heavy atom. The predicted molar refractivity (Wildman–Crippen MR) is 119 cm³/mol. The maximum Gasteiger partial charge on any atom is 0.337 e. The Hall–Kier alpha value is -1.73. The number of carbonyl (C=O) groups excluding carboxylic acids is 1. The van der Waals surface area contributed by atoms with E-state index >= 15 is 0 Å². The average Bonchev–Trinajstić information content (AvgIpc) is 2.92. The number of aliphatic hydroxyl groups excluding tert-OH is 7. The second-order valence-corrected chi connectivity index (χ2v) is 9.47. The minimum absolute atomic E-state index is 0.00981. The van der Waals surface area contributed by atoms with E-state index in [2.05, 4.69) is 6.58 Å². The van der Waals surface area contributed by atoms with Gasteiger partial charge in [-0.3, -0.25) is 0 Å². The molecule has 0 bridgehead atoms. The molecule has 15 nitrogen and oxygen atoms in total. The van der Waals surface area contributed by atoms with Crippen molar-refractivity contribution in [3.05, 3.63) is 24.5 Å². The maximum atomic E-state index is 12.5. The summed E-state index contributed by atoms with van der Waals surface area (Å²) in [5.74, 6) is -2.28. The molecule has 14 atom stereocenters. The summed E-state index contributed by atoms with van der Waals surface area (Å²) in [6.45, 7) is 3.05. The van der Waals surface area contributed by atoms with E-state index in [0.717, 1.165) is 6.26 Å². The Morgan fingerprint density at radius 2 is 1.76 bits per heavy atom. The third-order valence-corrected chi connectivity index (χ3v) is 7.18. The molecule has 0 radical (unpaired) electrons. The van der Waals surface area contributed by atoms with Crippen LogP contribution in [-0.2, 0) is 38.0 Å². The van der Waals surface area contributed by atoms with Crippen molar-refractivity contribution in [2.75, 3.05) is 20.3 Å². The predicted octanol–water partition coefficient (Wildman–Crippen LogP) is -3.79. The lowest BCUT2D eigenvalue weighted by molar-refractivity contribution is -0.356. The fraction of sp³-hybridized carbons (Fsp3) is 0.783. The van der Waals surface area contributed by atoms with Gasteiger partial charge in [0, 0.05) is 18.3 Å². The van der Waals surface area contributed by atoms with Crippen molar-refractivity contribution in [1.82, 2.24) is 0 Å². The van der Waals surface area contributed by atoms with Gasteiger partial charge < -0.3 is 68.9 Å². The number of ether oxygens (including phenoxy) is 7. The summed E-state index contributed by atoms with van der Waals surface area (Å²) >= 11 is 0. The van der Waals surface area contributed by atoms with Gasteiger partial charge in [-0.1, -0.05) is 6.08 Å². The molecule has 4 aliphatic heterocycles. The largest absolute Gasteiger partial charge is 0.471 e. The highest BCUT2D eigenvalue weighted by molar-refractivity contribution is 5.89. The van der Waals surface area contributed by atoms with Crippen molar-refractivity contribution in [2.24, 2.45) is 11.8 Å². The molecule has 0 aromatic heterocycles. The van der Waals surface area contributed by atoms with E-state index in [4.69, 9.17) is 33.2 Å². The Morgan fingerprint density at radius 3 is 2.42 bits per heavy atom. The molecule has 0 aromatic carbocycles. The van der Waals surface area contributed by atoms with Crippen LogP contribution in [0.1, 0.15) is 6.42 Å². The van der Waals surface area contributed by atoms with E-state index in [1.807, 2.05) is 0 Å². The lowest BCUT2D eigenvalue weighted by Gasteiger charge is -2.46. The summed E-state index contributed by atoms with van der Waals surface area (Å²) in [5, 5.41) is 70.0. The molecule has 0 amide bonds. The summed E-state index contributed by atoms with van der Waals surface area (Å²) < 4.78 is 38.4. The van der Waals surface area contributed by atoms with Gasteiger partial charge in [0.15, 0.2) is 18.9 Å². The van der Waals surface area contributed by atoms with Gasteiger partial charge in [-0.05, 0) is 0 Å². The van der Waals surface area contributed by atoms with Gasteiger partial charge in [0.1, 0.15) is 48.8 Å². The Kier molecular flexibility index (Phi) is 9.39. The summed E-state index contributed by atoms with van der Waals surface area (Å²) in [7, 11) is 1.18. The highest BCUT2D eigenvalue weighted by Gasteiger charge is 2.51. The number of rotatable bonds is 7. The van der Waals surface area contributed by atoms with E-state index in [9.17, 15) is 40.5 Å². The van der Waals surface area contributed by atoms with Gasteiger partial charge in [-0.2, -0.15) is 0 Å². The monoisotopic (exact) mass is 550 g/mol. The molecular weight excluding hydrogens is 516 g/mol. The van der Waals surface area contributed by atoms with Gasteiger partial charge in [-0.15, -0.1) is 6.58 Å². The Balaban J connectivity index is 1.52. The van der Waals surface area contributed by atoms with Crippen molar-refractivity contribution in [2.45, 2.75) is 80.4 Å². The number of hydrogen-bond donors (Lipinski definition) is 7. The SMILES string of the molecule is C=CC1C(OC2OC(CO)C(O)C(O)C2O)OC=C(C(=O)OC)C1CC1OCC2OC(O)C(O)C(O)C2O1. The molecule has 4 rings (SSSR count). The molecule has 15 heteroatoms. The first-order chi connectivity index (χ1) is 18.1. The van der Waals surface area contributed by atoms with Crippen LogP contribution in [0.25, 0.3) is 0 Å². The molecule has 3 fully saturated rings. The average molecular weight is 551 g/mol. The van der Waals surface area contributed by atoms with Crippen LogP contribution in [0.2, 0.25) is 0 Å². The van der Waals surface area contributed by atoms with E-state index in [1.54, 1.807) is 0 Å². The molecule has 0 aliphatic carbocycles. The number of esters is 1. The van der Waals surface area contributed by atoms with Crippen LogP contribution in [0.5, 0.6) is 0 Å². The third kappa shape index (κ3) is 5.60. The molecule has 38 heavy (non-hydrogen) atoms. The summed E-state index contributed by atoms with van der Waals surface area (Å²) in [4.78, 5) is 12.5. The van der Waals surface area contributed by atoms with Gasteiger partial charge >= 0.3 is 5.97 Å². The third-order valence-electron chi connectivity index (χ3n) is 7.18. The molecule has 4 aliphatic rings. The van der Waals surface area contributed by atoms with Crippen LogP contribution in [0.15, 0.2) is 24.5 Å². The van der Waals surface area contributed by atoms with E-state index < -0.39 is 98.4 Å². The van der Waals surface area contributed by atoms with Crippen molar-refractivity contribution in [3.63, 3.8) is 0 Å². The summed E-state index contributed by atoms with van der Waals surface area (Å²) in [6, 6.07) is 0. The zero-order chi connectivity index (χ0) is 27.7. The van der Waals surface area contributed by atoms with Gasteiger partial charge in [0.05, 0.1) is 32.2 Å². The molecule has 4 heterocycles. The maximum absolute atomic E-state index is 12.5. The molecule has 0 saturated carbocycles. The van der Waals surface area contributed by atoms with Crippen LogP contribution in [0.3, 0.4) is 0 Å². The number of methoxy groups -OCH3 is 1. The Labute approximate surface area is 217 Å². The number of hydrogen-bond acceptors (Lipinski definition) is 15. The standard InChI is InChI=1S/C23H34O15/c1-3-8-9(4-13-33-7-12-19(37-13)16(27)17(28)21(31)35-12)10(20(30)32-2)6-34-22(8)38-23-18(29)15(26)14(25)11(5-24)36-23/h3,6,8-9,11-19,21-29,31H,1,4-5,7H2,2H3. The molecule has 7 N–H and O–H groups in total. The van der Waals surface area contributed by atoms with Crippen LogP contribution < -0.4 is 0 Å². The van der Waals surface area contributed by atoms with Crippen LogP contribution in [0, 0.1) is 11.8 Å². The summed E-state index contributed by atoms with van der Waals surface area (Å²) in [6.07, 6.45) is -13.9. The van der Waals surface area contributed by atoms with Crippen molar-refractivity contribution in [3.8, 4) is 0 Å². The summed E-state index contributed by atoms with van der Waals surface area (Å²) in [5.41, 5.74) is 0.0799. The normalized spacial score (nSPS) is 47.3. The van der Waals surface area contributed by atoms with E-state index in [0.29, 0.717) is 0 Å². The molecule has 0 aromatic rings. The second kappa shape index (κ2) is 12.2. The van der Waals surface area contributed by atoms with E-state index in [-0.39, 0.29) is 18.6 Å². The number of fused-ring (bicyclic) bond motifs is 1. The quantitative estimate of drug-likeness (QED) is 0.119.